The van der Waals surface area contributed by atoms with E-state index in [2.05, 4.69) is 10.3 Å². The first-order chi connectivity index (χ1) is 9.65. The van der Waals surface area contributed by atoms with Gasteiger partial charge in [-0.15, -0.1) is 5.10 Å². The standard InChI is InChI=1S/C13H17FN4O2/c1-2-17(7-5-13(19)20)10-3-4-12-11(9-10)15-16-18(12)8-6-14/h3-4,9H,2,5-8H2,1H3,(H,19,20). The number of carbonyl (C=O) groups is 1. The highest BCUT2D eigenvalue weighted by molar-refractivity contribution is 5.79. The topological polar surface area (TPSA) is 71.2 Å². The smallest absolute Gasteiger partial charge is 0.305 e. The molecule has 1 aromatic carbocycles. The number of carboxylic acid groups (broad SMARTS) is 1. The van der Waals surface area contributed by atoms with Gasteiger partial charge in [0.1, 0.15) is 12.2 Å². The van der Waals surface area contributed by atoms with Gasteiger partial charge in [-0.3, -0.25) is 4.79 Å². The van der Waals surface area contributed by atoms with Crippen LogP contribution in [0.15, 0.2) is 18.2 Å². The van der Waals surface area contributed by atoms with E-state index < -0.39 is 12.6 Å². The lowest BCUT2D eigenvalue weighted by Crippen LogP contribution is -2.25. The van der Waals surface area contributed by atoms with Gasteiger partial charge in [0.15, 0.2) is 0 Å². The van der Waals surface area contributed by atoms with Crippen molar-refractivity contribution in [2.75, 3.05) is 24.7 Å². The van der Waals surface area contributed by atoms with E-state index in [1.54, 1.807) is 0 Å². The zero-order valence-electron chi connectivity index (χ0n) is 11.3. The molecule has 7 heteroatoms. The highest BCUT2D eigenvalue weighted by Crippen LogP contribution is 2.20. The van der Waals surface area contributed by atoms with Crippen LogP contribution in [0.2, 0.25) is 0 Å². The summed E-state index contributed by atoms with van der Waals surface area (Å²) in [5, 5.41) is 16.7. The third kappa shape index (κ3) is 3.04. The van der Waals surface area contributed by atoms with Crippen LogP contribution in [0.25, 0.3) is 11.0 Å². The molecule has 1 aromatic heterocycles. The number of alkyl halides is 1. The van der Waals surface area contributed by atoms with Crippen LogP contribution < -0.4 is 4.90 Å². The molecule has 0 fully saturated rings. The van der Waals surface area contributed by atoms with Crippen LogP contribution in [0.5, 0.6) is 0 Å². The van der Waals surface area contributed by atoms with Gasteiger partial charge < -0.3 is 10.0 Å². The lowest BCUT2D eigenvalue weighted by molar-refractivity contribution is -0.136. The van der Waals surface area contributed by atoms with Crippen molar-refractivity contribution in [1.82, 2.24) is 15.0 Å². The van der Waals surface area contributed by atoms with Crippen molar-refractivity contribution in [2.24, 2.45) is 0 Å². The van der Waals surface area contributed by atoms with E-state index in [0.29, 0.717) is 18.6 Å². The number of hydrogen-bond donors (Lipinski definition) is 1. The number of rotatable bonds is 7. The molecule has 1 heterocycles. The van der Waals surface area contributed by atoms with Crippen LogP contribution >= 0.6 is 0 Å². The SMILES string of the molecule is CCN(CCC(=O)O)c1ccc2c(c1)nnn2CCF. The summed E-state index contributed by atoms with van der Waals surface area (Å²) in [5.41, 5.74) is 2.36. The van der Waals surface area contributed by atoms with Crippen molar-refractivity contribution < 1.29 is 14.3 Å². The van der Waals surface area contributed by atoms with Gasteiger partial charge >= 0.3 is 5.97 Å². The lowest BCUT2D eigenvalue weighted by Gasteiger charge is -2.22. The predicted octanol–water partition coefficient (Wildman–Crippen LogP) is 1.70. The maximum absolute atomic E-state index is 12.4. The first-order valence-corrected chi connectivity index (χ1v) is 6.51. The van der Waals surface area contributed by atoms with Crippen molar-refractivity contribution in [3.05, 3.63) is 18.2 Å². The molecular formula is C13H17FN4O2. The number of aromatic nitrogens is 3. The third-order valence-corrected chi connectivity index (χ3v) is 3.14. The molecule has 2 aromatic rings. The van der Waals surface area contributed by atoms with E-state index in [9.17, 15) is 9.18 Å². The van der Waals surface area contributed by atoms with Gasteiger partial charge in [-0.25, -0.2) is 9.07 Å². The molecule has 0 aliphatic heterocycles. The van der Waals surface area contributed by atoms with Crippen LogP contribution in [-0.2, 0) is 11.3 Å². The molecule has 0 aliphatic rings. The Morgan fingerprint density at radius 2 is 2.30 bits per heavy atom. The second-order valence-corrected chi connectivity index (χ2v) is 4.40. The summed E-state index contributed by atoms with van der Waals surface area (Å²) in [6.45, 7) is 2.81. The Kier molecular flexibility index (Phi) is 4.49. The number of anilines is 1. The van der Waals surface area contributed by atoms with Crippen molar-refractivity contribution in [3.8, 4) is 0 Å². The molecule has 6 nitrogen and oxygen atoms in total. The largest absolute Gasteiger partial charge is 0.481 e. The lowest BCUT2D eigenvalue weighted by atomic mass is 10.2. The van der Waals surface area contributed by atoms with Crippen molar-refractivity contribution >= 4 is 22.7 Å². The van der Waals surface area contributed by atoms with Gasteiger partial charge in [0.05, 0.1) is 18.5 Å². The minimum atomic E-state index is -0.821. The number of aliphatic carboxylic acids is 1. The maximum Gasteiger partial charge on any atom is 0.305 e. The molecule has 20 heavy (non-hydrogen) atoms. The average Bonchev–Trinajstić information content (AvgIpc) is 2.82. The normalized spacial score (nSPS) is 10.9. The molecular weight excluding hydrogens is 263 g/mol. The number of benzene rings is 1. The number of hydrogen-bond acceptors (Lipinski definition) is 4. The molecule has 0 spiro atoms. The molecule has 2 rings (SSSR count). The molecule has 0 saturated carbocycles. The number of carboxylic acids is 1. The van der Waals surface area contributed by atoms with Gasteiger partial charge in [-0.1, -0.05) is 5.21 Å². The Morgan fingerprint density at radius 3 is 2.95 bits per heavy atom. The molecule has 0 aliphatic carbocycles. The van der Waals surface area contributed by atoms with Crippen LogP contribution in [0.3, 0.4) is 0 Å². The first kappa shape index (κ1) is 14.2. The molecule has 1 N–H and O–H groups in total. The first-order valence-electron chi connectivity index (χ1n) is 6.51. The Labute approximate surface area is 115 Å². The molecule has 0 radical (unpaired) electrons. The Balaban J connectivity index is 2.23. The highest BCUT2D eigenvalue weighted by atomic mass is 19.1. The molecule has 0 atom stereocenters. The highest BCUT2D eigenvalue weighted by Gasteiger charge is 2.10. The quantitative estimate of drug-likeness (QED) is 0.836. The second kappa shape index (κ2) is 6.31. The molecule has 0 unspecified atom stereocenters. The monoisotopic (exact) mass is 280 g/mol. The van der Waals surface area contributed by atoms with Crippen LogP contribution in [0.1, 0.15) is 13.3 Å². The number of aryl methyl sites for hydroxylation is 1. The Morgan fingerprint density at radius 1 is 1.50 bits per heavy atom. The summed E-state index contributed by atoms with van der Waals surface area (Å²) in [6.07, 6.45) is 0.0837. The van der Waals surface area contributed by atoms with E-state index in [1.807, 2.05) is 30.0 Å². The predicted molar refractivity (Wildman–Crippen MR) is 73.6 cm³/mol. The van der Waals surface area contributed by atoms with Gasteiger partial charge in [-0.2, -0.15) is 0 Å². The summed E-state index contributed by atoms with van der Waals surface area (Å²) in [4.78, 5) is 12.6. The Hall–Kier alpha value is -2.18. The van der Waals surface area contributed by atoms with E-state index in [-0.39, 0.29) is 13.0 Å². The number of fused-ring (bicyclic) bond motifs is 1. The average molecular weight is 280 g/mol. The van der Waals surface area contributed by atoms with Gasteiger partial charge in [0, 0.05) is 18.8 Å². The van der Waals surface area contributed by atoms with Gasteiger partial charge in [0.2, 0.25) is 0 Å². The fraction of sp³-hybridized carbons (Fsp3) is 0.462. The minimum Gasteiger partial charge on any atom is -0.481 e. The second-order valence-electron chi connectivity index (χ2n) is 4.40. The maximum atomic E-state index is 12.4. The van der Waals surface area contributed by atoms with Crippen LogP contribution in [0.4, 0.5) is 10.1 Å². The molecule has 0 amide bonds. The molecule has 0 bridgehead atoms. The van der Waals surface area contributed by atoms with E-state index in [0.717, 1.165) is 11.2 Å². The van der Waals surface area contributed by atoms with Crippen molar-refractivity contribution in [2.45, 2.75) is 19.9 Å². The summed E-state index contributed by atoms with van der Waals surface area (Å²) < 4.78 is 13.9. The minimum absolute atomic E-state index is 0.0837. The third-order valence-electron chi connectivity index (χ3n) is 3.14. The van der Waals surface area contributed by atoms with Crippen molar-refractivity contribution in [1.29, 1.82) is 0 Å². The number of halogens is 1. The van der Waals surface area contributed by atoms with E-state index >= 15 is 0 Å². The van der Waals surface area contributed by atoms with Crippen LogP contribution in [-0.4, -0.2) is 45.8 Å². The van der Waals surface area contributed by atoms with Gasteiger partial charge in [0.25, 0.3) is 0 Å². The molecule has 0 saturated heterocycles. The fourth-order valence-corrected chi connectivity index (χ4v) is 2.10. The molecule has 108 valence electrons. The summed E-state index contributed by atoms with van der Waals surface area (Å²) in [6, 6.07) is 5.57. The van der Waals surface area contributed by atoms with E-state index in [1.165, 1.54) is 4.68 Å². The van der Waals surface area contributed by atoms with Crippen molar-refractivity contribution in [3.63, 3.8) is 0 Å². The number of nitrogens with zero attached hydrogens (tertiary/aromatic N) is 4. The van der Waals surface area contributed by atoms with Gasteiger partial charge in [-0.05, 0) is 25.1 Å². The fourth-order valence-electron chi connectivity index (χ4n) is 2.10. The Bertz CT molecular complexity index is 599. The zero-order valence-corrected chi connectivity index (χ0v) is 11.3. The summed E-state index contributed by atoms with van der Waals surface area (Å²) in [7, 11) is 0. The van der Waals surface area contributed by atoms with Crippen LogP contribution in [0, 0.1) is 0 Å². The summed E-state index contributed by atoms with van der Waals surface area (Å²) >= 11 is 0. The van der Waals surface area contributed by atoms with E-state index in [4.69, 9.17) is 5.11 Å². The zero-order chi connectivity index (χ0) is 14.5. The summed E-state index contributed by atoms with van der Waals surface area (Å²) in [5.74, 6) is -0.821.